The molecule has 16 heavy (non-hydrogen) atoms. The Labute approximate surface area is 96.0 Å². The highest BCUT2D eigenvalue weighted by Crippen LogP contribution is 2.36. The smallest absolute Gasteiger partial charge is 0.0847 e. The number of nitrogens with zero attached hydrogens (tertiary/aromatic N) is 1. The van der Waals surface area contributed by atoms with Crippen molar-refractivity contribution in [3.63, 3.8) is 0 Å². The predicted octanol–water partition coefficient (Wildman–Crippen LogP) is 1.62. The summed E-state index contributed by atoms with van der Waals surface area (Å²) in [5.74, 6) is 0. The van der Waals surface area contributed by atoms with Crippen LogP contribution in [0, 0.1) is 0 Å². The number of rotatable bonds is 2. The number of hydrogen-bond acceptors (Lipinski definition) is 4. The van der Waals surface area contributed by atoms with E-state index in [2.05, 4.69) is 11.9 Å². The summed E-state index contributed by atoms with van der Waals surface area (Å²) in [4.78, 5) is 4.08. The van der Waals surface area contributed by atoms with Crippen molar-refractivity contribution in [3.8, 4) is 0 Å². The zero-order valence-corrected chi connectivity index (χ0v) is 9.65. The van der Waals surface area contributed by atoms with Gasteiger partial charge in [-0.3, -0.25) is 4.98 Å². The molecule has 4 N–H and O–H groups in total. The van der Waals surface area contributed by atoms with Crippen molar-refractivity contribution < 1.29 is 4.74 Å². The summed E-state index contributed by atoms with van der Waals surface area (Å²) in [5.41, 5.74) is 13.4. The number of pyridine rings is 1. The first-order chi connectivity index (χ1) is 7.63. The number of hydrogen-bond donors (Lipinski definition) is 2. The summed E-state index contributed by atoms with van der Waals surface area (Å²) in [5, 5.41) is 0. The molecule has 0 saturated carbocycles. The molecule has 4 nitrogen and oxygen atoms in total. The van der Waals surface area contributed by atoms with Gasteiger partial charge >= 0.3 is 0 Å². The number of nitrogens with two attached hydrogens (primary N) is 2. The third-order valence-corrected chi connectivity index (χ3v) is 3.38. The highest BCUT2D eigenvalue weighted by molar-refractivity contribution is 5.47. The van der Waals surface area contributed by atoms with Gasteiger partial charge in [0.15, 0.2) is 0 Å². The van der Waals surface area contributed by atoms with Crippen LogP contribution in [0.25, 0.3) is 0 Å². The number of anilines is 1. The summed E-state index contributed by atoms with van der Waals surface area (Å²) >= 11 is 0. The predicted molar refractivity (Wildman–Crippen MR) is 63.8 cm³/mol. The largest absolute Gasteiger partial charge is 0.398 e. The van der Waals surface area contributed by atoms with E-state index in [1.54, 1.807) is 18.5 Å². The van der Waals surface area contributed by atoms with E-state index >= 15 is 0 Å². The lowest BCUT2D eigenvalue weighted by Crippen LogP contribution is -2.43. The first-order valence-electron chi connectivity index (χ1n) is 5.72. The van der Waals surface area contributed by atoms with Gasteiger partial charge in [-0.05, 0) is 32.3 Å². The average Bonchev–Trinajstić information content (AvgIpc) is 2.30. The van der Waals surface area contributed by atoms with E-state index in [4.69, 9.17) is 16.2 Å². The van der Waals surface area contributed by atoms with E-state index in [9.17, 15) is 0 Å². The molecule has 0 spiro atoms. The molecule has 0 aromatic carbocycles. The van der Waals surface area contributed by atoms with Gasteiger partial charge < -0.3 is 16.2 Å². The Bertz CT molecular complexity index is 361. The van der Waals surface area contributed by atoms with Crippen LogP contribution in [0.3, 0.4) is 0 Å². The Morgan fingerprint density at radius 2 is 2.31 bits per heavy atom. The second kappa shape index (κ2) is 4.39. The summed E-state index contributed by atoms with van der Waals surface area (Å²) < 4.78 is 5.83. The van der Waals surface area contributed by atoms with Crippen LogP contribution in [-0.2, 0) is 4.74 Å². The molecule has 1 aromatic heterocycles. The maximum Gasteiger partial charge on any atom is 0.0847 e. The zero-order chi connectivity index (χ0) is 11.6. The highest BCUT2D eigenvalue weighted by atomic mass is 16.5. The van der Waals surface area contributed by atoms with E-state index in [0.29, 0.717) is 5.69 Å². The fourth-order valence-corrected chi connectivity index (χ4v) is 2.21. The maximum absolute atomic E-state index is 6.26. The summed E-state index contributed by atoms with van der Waals surface area (Å²) in [6.45, 7) is 2.84. The topological polar surface area (TPSA) is 74.2 Å². The van der Waals surface area contributed by atoms with Crippen LogP contribution in [0.5, 0.6) is 0 Å². The second-order valence-corrected chi connectivity index (χ2v) is 4.60. The zero-order valence-electron chi connectivity index (χ0n) is 9.65. The van der Waals surface area contributed by atoms with Crippen LogP contribution < -0.4 is 11.5 Å². The van der Waals surface area contributed by atoms with Crippen molar-refractivity contribution in [1.82, 2.24) is 4.98 Å². The second-order valence-electron chi connectivity index (χ2n) is 4.60. The van der Waals surface area contributed by atoms with Crippen LogP contribution in [0.4, 0.5) is 5.69 Å². The van der Waals surface area contributed by atoms with Crippen molar-refractivity contribution >= 4 is 5.69 Å². The molecular weight excluding hydrogens is 202 g/mol. The molecule has 2 atom stereocenters. The third kappa shape index (κ3) is 2.03. The van der Waals surface area contributed by atoms with E-state index < -0.39 is 0 Å². The molecule has 88 valence electrons. The molecule has 1 saturated heterocycles. The Kier molecular flexibility index (Phi) is 3.12. The van der Waals surface area contributed by atoms with Crippen molar-refractivity contribution in [2.24, 2.45) is 5.73 Å². The molecule has 0 aliphatic carbocycles. The molecular formula is C12H19N3O. The van der Waals surface area contributed by atoms with Gasteiger partial charge in [-0.2, -0.15) is 0 Å². The molecule has 2 unspecified atom stereocenters. The quantitative estimate of drug-likeness (QED) is 0.796. The molecule has 0 amide bonds. The monoisotopic (exact) mass is 221 g/mol. The van der Waals surface area contributed by atoms with Crippen LogP contribution in [0.2, 0.25) is 0 Å². The summed E-state index contributed by atoms with van der Waals surface area (Å²) in [7, 11) is 0. The fourth-order valence-electron chi connectivity index (χ4n) is 2.21. The average molecular weight is 221 g/mol. The van der Waals surface area contributed by atoms with Crippen molar-refractivity contribution in [3.05, 3.63) is 24.0 Å². The molecule has 2 heterocycles. The third-order valence-electron chi connectivity index (χ3n) is 3.38. The fraction of sp³-hybridized carbons (Fsp3) is 0.583. The minimum absolute atomic E-state index is 0.207. The Morgan fingerprint density at radius 3 is 2.94 bits per heavy atom. The van der Waals surface area contributed by atoms with Crippen LogP contribution in [0.1, 0.15) is 37.8 Å². The SMILES string of the molecule is CC1(C(N)c2cnccc2N)CCCCO1. The Balaban J connectivity index is 2.24. The van der Waals surface area contributed by atoms with E-state index in [1.807, 2.05) is 0 Å². The first kappa shape index (κ1) is 11.4. The summed E-state index contributed by atoms with van der Waals surface area (Å²) in [6.07, 6.45) is 6.66. The number of ether oxygens (including phenoxy) is 1. The Morgan fingerprint density at radius 1 is 1.50 bits per heavy atom. The highest BCUT2D eigenvalue weighted by Gasteiger charge is 2.36. The molecule has 0 bridgehead atoms. The van der Waals surface area contributed by atoms with Crippen LogP contribution in [0.15, 0.2) is 18.5 Å². The molecule has 0 radical (unpaired) electrons. The van der Waals surface area contributed by atoms with Crippen LogP contribution >= 0.6 is 0 Å². The minimum atomic E-state index is -0.310. The van der Waals surface area contributed by atoms with Gasteiger partial charge in [0.2, 0.25) is 0 Å². The molecule has 1 aliphatic heterocycles. The number of nitrogen functional groups attached to an aromatic ring is 1. The van der Waals surface area contributed by atoms with Crippen molar-refractivity contribution in [1.29, 1.82) is 0 Å². The first-order valence-corrected chi connectivity index (χ1v) is 5.72. The van der Waals surface area contributed by atoms with Crippen molar-refractivity contribution in [2.75, 3.05) is 12.3 Å². The lowest BCUT2D eigenvalue weighted by molar-refractivity contribution is -0.0820. The molecule has 2 rings (SSSR count). The summed E-state index contributed by atoms with van der Waals surface area (Å²) in [6, 6.07) is 1.57. The van der Waals surface area contributed by atoms with Crippen molar-refractivity contribution in [2.45, 2.75) is 37.8 Å². The normalized spacial score (nSPS) is 27.6. The Hall–Kier alpha value is -1.13. The van der Waals surface area contributed by atoms with Gasteiger partial charge in [-0.25, -0.2) is 0 Å². The van der Waals surface area contributed by atoms with E-state index in [1.165, 1.54) is 0 Å². The maximum atomic E-state index is 6.26. The van der Waals surface area contributed by atoms with Gasteiger partial charge in [0, 0.05) is 30.3 Å². The molecule has 1 fully saturated rings. The number of aromatic nitrogens is 1. The molecule has 1 aromatic rings. The van der Waals surface area contributed by atoms with Crippen LogP contribution in [-0.4, -0.2) is 17.2 Å². The molecule has 4 heteroatoms. The standard InChI is InChI=1S/C12H19N3O/c1-12(5-2-3-7-16-12)11(14)9-8-15-6-4-10(9)13/h4,6,8,11H,2-3,5,7,14H2,1H3,(H2,13,15). The molecule has 1 aliphatic rings. The van der Waals surface area contributed by atoms with Gasteiger partial charge in [0.05, 0.1) is 11.6 Å². The van der Waals surface area contributed by atoms with Gasteiger partial charge in [-0.15, -0.1) is 0 Å². The lowest BCUT2D eigenvalue weighted by Gasteiger charge is -2.39. The van der Waals surface area contributed by atoms with Gasteiger partial charge in [0.25, 0.3) is 0 Å². The van der Waals surface area contributed by atoms with E-state index in [-0.39, 0.29) is 11.6 Å². The van der Waals surface area contributed by atoms with Gasteiger partial charge in [-0.1, -0.05) is 0 Å². The van der Waals surface area contributed by atoms with Gasteiger partial charge in [0.1, 0.15) is 0 Å². The minimum Gasteiger partial charge on any atom is -0.398 e. The lowest BCUT2D eigenvalue weighted by atomic mass is 9.85. The van der Waals surface area contributed by atoms with E-state index in [0.717, 1.165) is 31.4 Å².